The molecular formula is C17H24N4. The molecule has 1 aliphatic rings. The minimum atomic E-state index is 0.301. The van der Waals surface area contributed by atoms with Crippen molar-refractivity contribution < 1.29 is 0 Å². The van der Waals surface area contributed by atoms with Crippen LogP contribution in [0.5, 0.6) is 0 Å². The molecule has 0 amide bonds. The van der Waals surface area contributed by atoms with E-state index in [9.17, 15) is 0 Å². The third-order valence-electron chi connectivity index (χ3n) is 4.55. The Morgan fingerprint density at radius 3 is 2.95 bits per heavy atom. The number of rotatable bonds is 3. The predicted molar refractivity (Wildman–Crippen MR) is 85.0 cm³/mol. The number of aryl methyl sites for hydroxylation is 1. The van der Waals surface area contributed by atoms with E-state index in [-0.39, 0.29) is 0 Å². The topological polar surface area (TPSA) is 41.9 Å². The molecule has 0 saturated heterocycles. The Hall–Kier alpha value is -1.65. The Bertz CT molecular complexity index is 617. The van der Waals surface area contributed by atoms with Crippen LogP contribution >= 0.6 is 0 Å². The number of nitrogens with zero attached hydrogens (tertiary/aromatic N) is 2. The van der Waals surface area contributed by atoms with Crippen molar-refractivity contribution in [2.75, 3.05) is 6.54 Å². The molecule has 3 rings (SSSR count). The molecule has 21 heavy (non-hydrogen) atoms. The lowest BCUT2D eigenvalue weighted by Crippen LogP contribution is -2.26. The molecule has 2 heterocycles. The van der Waals surface area contributed by atoms with Crippen molar-refractivity contribution in [3.8, 4) is 0 Å². The van der Waals surface area contributed by atoms with Crippen LogP contribution in [0.1, 0.15) is 47.8 Å². The van der Waals surface area contributed by atoms with Gasteiger partial charge in [0, 0.05) is 36.9 Å². The normalized spacial score (nSPS) is 19.9. The van der Waals surface area contributed by atoms with Crippen LogP contribution in [0.4, 0.5) is 0 Å². The summed E-state index contributed by atoms with van der Waals surface area (Å²) in [5, 5.41) is 11.7. The second kappa shape index (κ2) is 6.00. The summed E-state index contributed by atoms with van der Waals surface area (Å²) in [5.41, 5.74) is 5.35. The molecule has 2 unspecified atom stereocenters. The molecule has 4 nitrogen and oxygen atoms in total. The number of benzene rings is 1. The fraction of sp³-hybridized carbons (Fsp3) is 0.471. The molecule has 2 atom stereocenters. The molecule has 0 saturated carbocycles. The molecule has 0 radical (unpaired) electrons. The number of hydrogen-bond donors (Lipinski definition) is 2. The number of fused-ring (bicyclic) bond motifs is 1. The Morgan fingerprint density at radius 2 is 2.19 bits per heavy atom. The quantitative estimate of drug-likeness (QED) is 0.910. The van der Waals surface area contributed by atoms with Gasteiger partial charge in [-0.05, 0) is 37.9 Å². The van der Waals surface area contributed by atoms with Crippen molar-refractivity contribution in [1.29, 1.82) is 0 Å². The summed E-state index contributed by atoms with van der Waals surface area (Å²) in [6.45, 7) is 6.37. The van der Waals surface area contributed by atoms with E-state index in [1.807, 2.05) is 17.9 Å². The van der Waals surface area contributed by atoms with Crippen LogP contribution in [0.3, 0.4) is 0 Å². The molecule has 112 valence electrons. The third-order valence-corrected chi connectivity index (χ3v) is 4.55. The van der Waals surface area contributed by atoms with Gasteiger partial charge in [-0.2, -0.15) is 5.10 Å². The van der Waals surface area contributed by atoms with E-state index in [2.05, 4.69) is 53.8 Å². The molecule has 1 aromatic carbocycles. The van der Waals surface area contributed by atoms with Gasteiger partial charge in [-0.25, -0.2) is 0 Å². The minimum absolute atomic E-state index is 0.301. The van der Waals surface area contributed by atoms with Gasteiger partial charge in [0.05, 0.1) is 6.20 Å². The Labute approximate surface area is 126 Å². The first-order chi connectivity index (χ1) is 10.2. The van der Waals surface area contributed by atoms with Crippen LogP contribution in [0.15, 0.2) is 30.5 Å². The zero-order valence-corrected chi connectivity index (χ0v) is 13.1. The highest BCUT2D eigenvalue weighted by atomic mass is 15.3. The van der Waals surface area contributed by atoms with Gasteiger partial charge in [0.25, 0.3) is 0 Å². The van der Waals surface area contributed by atoms with Crippen molar-refractivity contribution in [1.82, 2.24) is 20.4 Å². The third kappa shape index (κ3) is 2.87. The van der Waals surface area contributed by atoms with Gasteiger partial charge in [0.15, 0.2) is 0 Å². The van der Waals surface area contributed by atoms with E-state index in [1.54, 1.807) is 0 Å². The molecule has 2 aromatic rings. The van der Waals surface area contributed by atoms with Crippen molar-refractivity contribution in [3.05, 3.63) is 52.8 Å². The van der Waals surface area contributed by atoms with E-state index in [4.69, 9.17) is 0 Å². The maximum atomic E-state index is 4.36. The number of aromatic nitrogens is 2. The lowest BCUT2D eigenvalue weighted by molar-refractivity contribution is 0.442. The average Bonchev–Trinajstić information content (AvgIpc) is 2.71. The maximum Gasteiger partial charge on any atom is 0.0540 e. The molecule has 2 N–H and O–H groups in total. The van der Waals surface area contributed by atoms with Crippen molar-refractivity contribution in [3.63, 3.8) is 0 Å². The molecular weight excluding hydrogens is 260 g/mol. The molecule has 0 spiro atoms. The average molecular weight is 284 g/mol. The van der Waals surface area contributed by atoms with E-state index in [0.717, 1.165) is 19.5 Å². The Morgan fingerprint density at radius 1 is 1.38 bits per heavy atom. The second-order valence-corrected chi connectivity index (χ2v) is 5.91. The van der Waals surface area contributed by atoms with Crippen molar-refractivity contribution in [2.24, 2.45) is 7.05 Å². The van der Waals surface area contributed by atoms with Gasteiger partial charge in [0.1, 0.15) is 0 Å². The monoisotopic (exact) mass is 284 g/mol. The lowest BCUT2D eigenvalue weighted by atomic mass is 9.97. The summed E-state index contributed by atoms with van der Waals surface area (Å²) in [5.74, 6) is 0. The highest BCUT2D eigenvalue weighted by molar-refractivity contribution is 5.31. The van der Waals surface area contributed by atoms with E-state index >= 15 is 0 Å². The van der Waals surface area contributed by atoms with Gasteiger partial charge in [-0.15, -0.1) is 0 Å². The summed E-state index contributed by atoms with van der Waals surface area (Å²) in [6, 6.07) is 9.43. The first kappa shape index (κ1) is 14.3. The molecule has 1 aliphatic heterocycles. The van der Waals surface area contributed by atoms with Gasteiger partial charge in [-0.3, -0.25) is 4.68 Å². The number of hydrogen-bond acceptors (Lipinski definition) is 3. The van der Waals surface area contributed by atoms with Crippen LogP contribution in [-0.4, -0.2) is 16.3 Å². The summed E-state index contributed by atoms with van der Waals surface area (Å²) in [7, 11) is 2.00. The first-order valence-corrected chi connectivity index (χ1v) is 7.70. The van der Waals surface area contributed by atoms with Crippen LogP contribution in [0, 0.1) is 6.92 Å². The van der Waals surface area contributed by atoms with Crippen LogP contribution in [0.25, 0.3) is 0 Å². The van der Waals surface area contributed by atoms with Crippen LogP contribution in [0.2, 0.25) is 0 Å². The van der Waals surface area contributed by atoms with E-state index in [0.29, 0.717) is 12.1 Å². The largest absolute Gasteiger partial charge is 0.313 e. The molecule has 1 aromatic heterocycles. The molecule has 0 aliphatic carbocycles. The lowest BCUT2D eigenvalue weighted by Gasteiger charge is -2.24. The summed E-state index contributed by atoms with van der Waals surface area (Å²) in [6.07, 6.45) is 3.09. The Balaban J connectivity index is 1.82. The minimum Gasteiger partial charge on any atom is -0.313 e. The smallest absolute Gasteiger partial charge is 0.0540 e. The standard InChI is InChI=1S/C17H24N4/c1-12(16-11-19-21(3)13(16)2)20-17-8-9-18-10-14-6-4-5-7-15(14)17/h4-7,11-12,17-18,20H,8-10H2,1-3H3. The first-order valence-electron chi connectivity index (χ1n) is 7.70. The van der Waals surface area contributed by atoms with Crippen molar-refractivity contribution in [2.45, 2.75) is 38.9 Å². The SMILES string of the molecule is Cc1c(C(C)NC2CCNCc3ccccc32)cnn1C. The summed E-state index contributed by atoms with van der Waals surface area (Å²) < 4.78 is 1.94. The summed E-state index contributed by atoms with van der Waals surface area (Å²) in [4.78, 5) is 0. The maximum absolute atomic E-state index is 4.36. The molecule has 0 bridgehead atoms. The van der Waals surface area contributed by atoms with Gasteiger partial charge in [-0.1, -0.05) is 24.3 Å². The number of nitrogens with one attached hydrogen (secondary N) is 2. The second-order valence-electron chi connectivity index (χ2n) is 5.91. The summed E-state index contributed by atoms with van der Waals surface area (Å²) >= 11 is 0. The van der Waals surface area contributed by atoms with Gasteiger partial charge in [0.2, 0.25) is 0 Å². The van der Waals surface area contributed by atoms with E-state index in [1.165, 1.54) is 22.4 Å². The van der Waals surface area contributed by atoms with Gasteiger partial charge < -0.3 is 10.6 Å². The Kier molecular flexibility index (Phi) is 4.08. The highest BCUT2D eigenvalue weighted by Gasteiger charge is 2.21. The molecule has 4 heteroatoms. The van der Waals surface area contributed by atoms with Gasteiger partial charge >= 0.3 is 0 Å². The fourth-order valence-electron chi connectivity index (χ4n) is 3.17. The zero-order valence-electron chi connectivity index (χ0n) is 13.1. The van der Waals surface area contributed by atoms with Crippen LogP contribution in [-0.2, 0) is 13.6 Å². The van der Waals surface area contributed by atoms with Crippen LogP contribution < -0.4 is 10.6 Å². The van der Waals surface area contributed by atoms with E-state index < -0.39 is 0 Å². The fourth-order valence-corrected chi connectivity index (χ4v) is 3.17. The zero-order chi connectivity index (χ0) is 14.8. The predicted octanol–water partition coefficient (Wildman–Crippen LogP) is 2.61. The van der Waals surface area contributed by atoms with Crippen molar-refractivity contribution >= 4 is 0 Å². The highest BCUT2D eigenvalue weighted by Crippen LogP contribution is 2.27. The molecule has 0 fully saturated rings.